The Bertz CT molecular complexity index is 297. The van der Waals surface area contributed by atoms with Gasteiger partial charge < -0.3 is 10.1 Å². The molecule has 5 unspecified atom stereocenters. The fourth-order valence-corrected chi connectivity index (χ4v) is 4.43. The molecular weight excluding hydrogens is 260 g/mol. The first-order chi connectivity index (χ1) is 10.2. The van der Waals surface area contributed by atoms with Crippen molar-refractivity contribution in [2.75, 3.05) is 26.7 Å². The van der Waals surface area contributed by atoms with Crippen molar-refractivity contribution in [3.05, 3.63) is 0 Å². The van der Waals surface area contributed by atoms with Gasteiger partial charge in [-0.05, 0) is 51.5 Å². The van der Waals surface area contributed by atoms with Gasteiger partial charge in [0.2, 0.25) is 0 Å². The highest BCUT2D eigenvalue weighted by Gasteiger charge is 2.33. The number of rotatable bonds is 6. The van der Waals surface area contributed by atoms with Crippen molar-refractivity contribution in [2.24, 2.45) is 11.8 Å². The third kappa shape index (κ3) is 4.67. The maximum absolute atomic E-state index is 5.86. The van der Waals surface area contributed by atoms with Crippen LogP contribution >= 0.6 is 0 Å². The van der Waals surface area contributed by atoms with E-state index in [1.54, 1.807) is 0 Å². The second kappa shape index (κ2) is 8.50. The molecule has 0 amide bonds. The SMILES string of the molecule is CCCC1CCC(NC)C(CN2CC(C)OCC2CC)C1. The number of hydrogen-bond acceptors (Lipinski definition) is 3. The smallest absolute Gasteiger partial charge is 0.0674 e. The molecular formula is C18H36N2O. The molecule has 3 heteroatoms. The highest BCUT2D eigenvalue weighted by atomic mass is 16.5. The van der Waals surface area contributed by atoms with Crippen LogP contribution in [0.5, 0.6) is 0 Å². The largest absolute Gasteiger partial charge is 0.376 e. The molecule has 1 aliphatic heterocycles. The maximum atomic E-state index is 5.86. The van der Waals surface area contributed by atoms with E-state index in [0.29, 0.717) is 18.2 Å². The van der Waals surface area contributed by atoms with Crippen LogP contribution in [0.3, 0.4) is 0 Å². The Labute approximate surface area is 131 Å². The van der Waals surface area contributed by atoms with Crippen LogP contribution in [0.1, 0.15) is 59.3 Å². The van der Waals surface area contributed by atoms with E-state index >= 15 is 0 Å². The lowest BCUT2D eigenvalue weighted by atomic mass is 9.76. The van der Waals surface area contributed by atoms with Crippen LogP contribution in [0, 0.1) is 11.8 Å². The minimum atomic E-state index is 0.399. The summed E-state index contributed by atoms with van der Waals surface area (Å²) in [5, 5.41) is 3.59. The molecule has 124 valence electrons. The molecule has 2 fully saturated rings. The van der Waals surface area contributed by atoms with Crippen LogP contribution in [-0.2, 0) is 4.74 Å². The van der Waals surface area contributed by atoms with Gasteiger partial charge in [-0.1, -0.05) is 26.7 Å². The van der Waals surface area contributed by atoms with Gasteiger partial charge in [0.05, 0.1) is 12.7 Å². The Balaban J connectivity index is 1.95. The van der Waals surface area contributed by atoms with Crippen LogP contribution in [-0.4, -0.2) is 49.8 Å². The van der Waals surface area contributed by atoms with Gasteiger partial charge in [-0.25, -0.2) is 0 Å². The Hall–Kier alpha value is -0.120. The van der Waals surface area contributed by atoms with Crippen LogP contribution in [0.4, 0.5) is 0 Å². The molecule has 1 saturated heterocycles. The van der Waals surface area contributed by atoms with E-state index in [9.17, 15) is 0 Å². The van der Waals surface area contributed by atoms with Gasteiger partial charge in [0.25, 0.3) is 0 Å². The van der Waals surface area contributed by atoms with Gasteiger partial charge in [-0.3, -0.25) is 4.90 Å². The maximum Gasteiger partial charge on any atom is 0.0674 e. The number of morpholine rings is 1. The molecule has 1 saturated carbocycles. The van der Waals surface area contributed by atoms with Crippen molar-refractivity contribution >= 4 is 0 Å². The molecule has 1 N–H and O–H groups in total. The molecule has 0 spiro atoms. The molecule has 1 heterocycles. The average molecular weight is 296 g/mol. The number of hydrogen-bond donors (Lipinski definition) is 1. The molecule has 2 aliphatic rings. The molecule has 0 aromatic rings. The molecule has 0 bridgehead atoms. The van der Waals surface area contributed by atoms with E-state index in [1.165, 1.54) is 45.1 Å². The quantitative estimate of drug-likeness (QED) is 0.814. The van der Waals surface area contributed by atoms with Gasteiger partial charge in [0.1, 0.15) is 0 Å². The van der Waals surface area contributed by atoms with Crippen molar-refractivity contribution in [1.82, 2.24) is 10.2 Å². The third-order valence-electron chi connectivity index (χ3n) is 5.68. The lowest BCUT2D eigenvalue weighted by Crippen LogP contribution is -2.53. The summed E-state index contributed by atoms with van der Waals surface area (Å²) in [5.41, 5.74) is 0. The summed E-state index contributed by atoms with van der Waals surface area (Å²) in [6.45, 7) is 10.1. The third-order valence-corrected chi connectivity index (χ3v) is 5.68. The zero-order valence-corrected chi connectivity index (χ0v) is 14.6. The average Bonchev–Trinajstić information content (AvgIpc) is 2.48. The van der Waals surface area contributed by atoms with Crippen molar-refractivity contribution in [3.8, 4) is 0 Å². The Morgan fingerprint density at radius 1 is 1.24 bits per heavy atom. The topological polar surface area (TPSA) is 24.5 Å². The molecule has 3 nitrogen and oxygen atoms in total. The van der Waals surface area contributed by atoms with Crippen LogP contribution < -0.4 is 5.32 Å². The summed E-state index contributed by atoms with van der Waals surface area (Å²) < 4.78 is 5.86. The van der Waals surface area contributed by atoms with Crippen LogP contribution in [0.25, 0.3) is 0 Å². The standard InChI is InChI=1S/C18H36N2O/c1-5-7-15-8-9-18(19-4)16(10-15)12-20-11-14(3)21-13-17(20)6-2/h14-19H,5-13H2,1-4H3. The number of ether oxygens (including phenoxy) is 1. The first kappa shape index (κ1) is 17.2. The lowest BCUT2D eigenvalue weighted by molar-refractivity contribution is -0.0647. The number of nitrogens with zero attached hydrogens (tertiary/aromatic N) is 1. The highest BCUT2D eigenvalue weighted by Crippen LogP contribution is 2.33. The van der Waals surface area contributed by atoms with Crippen molar-refractivity contribution in [2.45, 2.75) is 77.5 Å². The molecule has 2 rings (SSSR count). The second-order valence-electron chi connectivity index (χ2n) is 7.28. The second-order valence-corrected chi connectivity index (χ2v) is 7.28. The first-order valence-corrected chi connectivity index (χ1v) is 9.20. The van der Waals surface area contributed by atoms with Gasteiger partial charge in [0, 0.05) is 25.2 Å². The minimum Gasteiger partial charge on any atom is -0.376 e. The Kier molecular flexibility index (Phi) is 6.97. The Morgan fingerprint density at radius 2 is 2.05 bits per heavy atom. The first-order valence-electron chi connectivity index (χ1n) is 9.20. The van der Waals surface area contributed by atoms with E-state index in [0.717, 1.165) is 25.0 Å². The molecule has 5 atom stereocenters. The predicted octanol–water partition coefficient (Wildman–Crippen LogP) is 3.29. The molecule has 0 aromatic carbocycles. The van der Waals surface area contributed by atoms with Gasteiger partial charge in [0.15, 0.2) is 0 Å². The van der Waals surface area contributed by atoms with Gasteiger partial charge >= 0.3 is 0 Å². The highest BCUT2D eigenvalue weighted by molar-refractivity contribution is 4.88. The minimum absolute atomic E-state index is 0.399. The van der Waals surface area contributed by atoms with Crippen LogP contribution in [0.2, 0.25) is 0 Å². The molecule has 1 aliphatic carbocycles. The van der Waals surface area contributed by atoms with Gasteiger partial charge in [-0.15, -0.1) is 0 Å². The fraction of sp³-hybridized carbons (Fsp3) is 1.00. The predicted molar refractivity (Wildman–Crippen MR) is 89.7 cm³/mol. The van der Waals surface area contributed by atoms with E-state index in [2.05, 4.69) is 38.0 Å². The van der Waals surface area contributed by atoms with Crippen molar-refractivity contribution < 1.29 is 4.74 Å². The summed E-state index contributed by atoms with van der Waals surface area (Å²) in [4.78, 5) is 2.72. The van der Waals surface area contributed by atoms with Crippen molar-refractivity contribution in [3.63, 3.8) is 0 Å². The molecule has 0 radical (unpaired) electrons. The fourth-order valence-electron chi connectivity index (χ4n) is 4.43. The summed E-state index contributed by atoms with van der Waals surface area (Å²) in [5.74, 6) is 1.78. The monoisotopic (exact) mass is 296 g/mol. The molecule has 0 aromatic heterocycles. The zero-order valence-electron chi connectivity index (χ0n) is 14.6. The number of nitrogens with one attached hydrogen (secondary N) is 1. The van der Waals surface area contributed by atoms with Gasteiger partial charge in [-0.2, -0.15) is 0 Å². The summed E-state index contributed by atoms with van der Waals surface area (Å²) in [7, 11) is 2.15. The summed E-state index contributed by atoms with van der Waals surface area (Å²) in [6.07, 6.45) is 8.58. The Morgan fingerprint density at radius 3 is 2.71 bits per heavy atom. The zero-order chi connectivity index (χ0) is 15.2. The van der Waals surface area contributed by atoms with E-state index in [-0.39, 0.29) is 0 Å². The van der Waals surface area contributed by atoms with Crippen LogP contribution in [0.15, 0.2) is 0 Å². The normalized spacial score (nSPS) is 38.6. The van der Waals surface area contributed by atoms with E-state index in [4.69, 9.17) is 4.74 Å². The van der Waals surface area contributed by atoms with E-state index in [1.807, 2.05) is 0 Å². The molecule has 21 heavy (non-hydrogen) atoms. The van der Waals surface area contributed by atoms with Crippen molar-refractivity contribution in [1.29, 1.82) is 0 Å². The van der Waals surface area contributed by atoms with E-state index < -0.39 is 0 Å². The lowest BCUT2D eigenvalue weighted by Gasteiger charge is -2.44. The summed E-state index contributed by atoms with van der Waals surface area (Å²) >= 11 is 0. The summed E-state index contributed by atoms with van der Waals surface area (Å²) in [6, 6.07) is 1.35.